The Bertz CT molecular complexity index is 525. The standard InChI is InChI=1S/C14H13FIN/c1-10-6-7-11(8-12(10)15)9-17-14-5-3-2-4-13(14)16/h2-8,17H,9H2,1H3. The minimum Gasteiger partial charge on any atom is -0.380 e. The Morgan fingerprint density at radius 2 is 1.94 bits per heavy atom. The summed E-state index contributed by atoms with van der Waals surface area (Å²) in [6.45, 7) is 2.41. The van der Waals surface area contributed by atoms with E-state index >= 15 is 0 Å². The molecule has 3 heteroatoms. The maximum Gasteiger partial charge on any atom is 0.126 e. The smallest absolute Gasteiger partial charge is 0.126 e. The first-order chi connectivity index (χ1) is 8.16. The lowest BCUT2D eigenvalue weighted by molar-refractivity contribution is 0.616. The predicted molar refractivity (Wildman–Crippen MR) is 77.6 cm³/mol. The Morgan fingerprint density at radius 3 is 2.65 bits per heavy atom. The van der Waals surface area contributed by atoms with Crippen molar-refractivity contribution in [3.8, 4) is 0 Å². The van der Waals surface area contributed by atoms with Crippen molar-refractivity contribution in [1.82, 2.24) is 0 Å². The van der Waals surface area contributed by atoms with Gasteiger partial charge >= 0.3 is 0 Å². The van der Waals surface area contributed by atoms with Gasteiger partial charge in [0.05, 0.1) is 0 Å². The third-order valence-corrected chi connectivity index (χ3v) is 3.53. The summed E-state index contributed by atoms with van der Waals surface area (Å²) in [6.07, 6.45) is 0. The molecule has 0 aliphatic carbocycles. The van der Waals surface area contributed by atoms with Crippen LogP contribution < -0.4 is 5.32 Å². The first-order valence-electron chi connectivity index (χ1n) is 5.40. The van der Waals surface area contributed by atoms with Gasteiger partial charge in [0.2, 0.25) is 0 Å². The van der Waals surface area contributed by atoms with Crippen molar-refractivity contribution in [3.05, 3.63) is 63.0 Å². The van der Waals surface area contributed by atoms with E-state index in [0.29, 0.717) is 12.1 Å². The van der Waals surface area contributed by atoms with Gasteiger partial charge < -0.3 is 5.32 Å². The number of hydrogen-bond donors (Lipinski definition) is 1. The number of hydrogen-bond acceptors (Lipinski definition) is 1. The van der Waals surface area contributed by atoms with Crippen LogP contribution in [0.15, 0.2) is 42.5 Å². The summed E-state index contributed by atoms with van der Waals surface area (Å²) in [6, 6.07) is 13.4. The first-order valence-corrected chi connectivity index (χ1v) is 6.48. The summed E-state index contributed by atoms with van der Waals surface area (Å²) in [5.74, 6) is -0.146. The van der Waals surface area contributed by atoms with E-state index in [0.717, 1.165) is 14.8 Å². The van der Waals surface area contributed by atoms with Gasteiger partial charge in [-0.25, -0.2) is 4.39 Å². The van der Waals surface area contributed by atoms with Crippen LogP contribution in [0.3, 0.4) is 0 Å². The monoisotopic (exact) mass is 341 g/mol. The van der Waals surface area contributed by atoms with Gasteiger partial charge in [-0.1, -0.05) is 24.3 Å². The molecule has 0 aliphatic heterocycles. The van der Waals surface area contributed by atoms with Crippen molar-refractivity contribution in [2.75, 3.05) is 5.32 Å². The van der Waals surface area contributed by atoms with Crippen LogP contribution in [0.5, 0.6) is 0 Å². The number of rotatable bonds is 3. The lowest BCUT2D eigenvalue weighted by atomic mass is 10.1. The third-order valence-electron chi connectivity index (χ3n) is 2.59. The number of aryl methyl sites for hydroxylation is 1. The predicted octanol–water partition coefficient (Wildman–Crippen LogP) is 4.35. The highest BCUT2D eigenvalue weighted by atomic mass is 127. The minimum atomic E-state index is -0.146. The van der Waals surface area contributed by atoms with Gasteiger partial charge in [0.25, 0.3) is 0 Å². The van der Waals surface area contributed by atoms with Crippen molar-refractivity contribution in [1.29, 1.82) is 0 Å². The van der Waals surface area contributed by atoms with Crippen LogP contribution in [0.4, 0.5) is 10.1 Å². The third kappa shape index (κ3) is 3.19. The number of halogens is 2. The summed E-state index contributed by atoms with van der Waals surface area (Å²) in [5.41, 5.74) is 2.71. The molecule has 0 radical (unpaired) electrons. The highest BCUT2D eigenvalue weighted by Crippen LogP contribution is 2.18. The number of nitrogens with one attached hydrogen (secondary N) is 1. The Labute approximate surface area is 114 Å². The summed E-state index contributed by atoms with van der Waals surface area (Å²) in [4.78, 5) is 0. The molecule has 17 heavy (non-hydrogen) atoms. The van der Waals surface area contributed by atoms with Gasteiger partial charge in [-0.05, 0) is 58.8 Å². The van der Waals surface area contributed by atoms with Crippen LogP contribution in [-0.2, 0) is 6.54 Å². The van der Waals surface area contributed by atoms with Gasteiger partial charge in [-0.15, -0.1) is 0 Å². The summed E-state index contributed by atoms with van der Waals surface area (Å²) in [5, 5.41) is 3.30. The normalized spacial score (nSPS) is 10.3. The molecule has 0 atom stereocenters. The first kappa shape index (κ1) is 12.4. The zero-order valence-corrected chi connectivity index (χ0v) is 11.7. The fourth-order valence-electron chi connectivity index (χ4n) is 1.55. The highest BCUT2D eigenvalue weighted by molar-refractivity contribution is 14.1. The summed E-state index contributed by atoms with van der Waals surface area (Å²) < 4.78 is 14.5. The lowest BCUT2D eigenvalue weighted by Gasteiger charge is -2.09. The van der Waals surface area contributed by atoms with E-state index in [1.54, 1.807) is 13.0 Å². The van der Waals surface area contributed by atoms with E-state index in [4.69, 9.17) is 0 Å². The molecule has 0 unspecified atom stereocenters. The molecule has 0 spiro atoms. The van der Waals surface area contributed by atoms with Crippen molar-refractivity contribution >= 4 is 28.3 Å². The van der Waals surface area contributed by atoms with Crippen LogP contribution in [0.2, 0.25) is 0 Å². The molecule has 1 N–H and O–H groups in total. The minimum absolute atomic E-state index is 0.146. The van der Waals surface area contributed by atoms with Crippen molar-refractivity contribution in [3.63, 3.8) is 0 Å². The molecular weight excluding hydrogens is 328 g/mol. The molecule has 2 aromatic carbocycles. The molecule has 2 aromatic rings. The van der Waals surface area contributed by atoms with Gasteiger partial charge in [0, 0.05) is 15.8 Å². The molecule has 0 aromatic heterocycles. The van der Waals surface area contributed by atoms with Gasteiger partial charge in [-0.3, -0.25) is 0 Å². The summed E-state index contributed by atoms with van der Waals surface area (Å²) in [7, 11) is 0. The Morgan fingerprint density at radius 1 is 1.18 bits per heavy atom. The van der Waals surface area contributed by atoms with Crippen molar-refractivity contribution < 1.29 is 4.39 Å². The average Bonchev–Trinajstić information content (AvgIpc) is 2.32. The maximum atomic E-state index is 13.4. The maximum absolute atomic E-state index is 13.4. The van der Waals surface area contributed by atoms with Crippen LogP contribution >= 0.6 is 22.6 Å². The van der Waals surface area contributed by atoms with Crippen LogP contribution in [0.1, 0.15) is 11.1 Å². The van der Waals surface area contributed by atoms with Gasteiger partial charge in [0.1, 0.15) is 5.82 Å². The van der Waals surface area contributed by atoms with E-state index in [1.165, 1.54) is 0 Å². The zero-order chi connectivity index (χ0) is 12.3. The van der Waals surface area contributed by atoms with E-state index in [-0.39, 0.29) is 5.82 Å². The topological polar surface area (TPSA) is 12.0 Å². The highest BCUT2D eigenvalue weighted by Gasteiger charge is 2.01. The van der Waals surface area contributed by atoms with E-state index < -0.39 is 0 Å². The lowest BCUT2D eigenvalue weighted by Crippen LogP contribution is -2.01. The molecule has 0 aliphatic rings. The van der Waals surface area contributed by atoms with E-state index in [1.807, 2.05) is 36.4 Å². The fraction of sp³-hybridized carbons (Fsp3) is 0.143. The van der Waals surface area contributed by atoms with E-state index in [2.05, 4.69) is 27.9 Å². The Balaban J connectivity index is 2.08. The van der Waals surface area contributed by atoms with Crippen LogP contribution in [-0.4, -0.2) is 0 Å². The largest absolute Gasteiger partial charge is 0.380 e. The molecule has 0 heterocycles. The molecule has 0 bridgehead atoms. The number of para-hydroxylation sites is 1. The molecule has 0 amide bonds. The second-order valence-electron chi connectivity index (χ2n) is 3.92. The van der Waals surface area contributed by atoms with Crippen molar-refractivity contribution in [2.24, 2.45) is 0 Å². The Kier molecular flexibility index (Phi) is 3.99. The quantitative estimate of drug-likeness (QED) is 0.819. The molecule has 0 saturated heterocycles. The number of benzene rings is 2. The van der Waals surface area contributed by atoms with E-state index in [9.17, 15) is 4.39 Å². The average molecular weight is 341 g/mol. The molecule has 88 valence electrons. The zero-order valence-electron chi connectivity index (χ0n) is 9.50. The van der Waals surface area contributed by atoms with Crippen LogP contribution in [0.25, 0.3) is 0 Å². The second-order valence-corrected chi connectivity index (χ2v) is 5.08. The molecule has 0 saturated carbocycles. The number of anilines is 1. The molecule has 1 nitrogen and oxygen atoms in total. The molecular formula is C14H13FIN. The SMILES string of the molecule is Cc1ccc(CNc2ccccc2I)cc1F. The second kappa shape index (κ2) is 5.49. The fourth-order valence-corrected chi connectivity index (χ4v) is 2.13. The Hall–Kier alpha value is -1.10. The van der Waals surface area contributed by atoms with Crippen molar-refractivity contribution in [2.45, 2.75) is 13.5 Å². The van der Waals surface area contributed by atoms with Gasteiger partial charge in [-0.2, -0.15) is 0 Å². The molecule has 0 fully saturated rings. The van der Waals surface area contributed by atoms with Gasteiger partial charge in [0.15, 0.2) is 0 Å². The van der Waals surface area contributed by atoms with Crippen LogP contribution in [0, 0.1) is 16.3 Å². The summed E-state index contributed by atoms with van der Waals surface area (Å²) >= 11 is 2.28. The molecule has 2 rings (SSSR count).